The molecular weight excluding hydrogens is 294 g/mol. The Kier molecular flexibility index (Phi) is 6.62. The molecule has 1 saturated heterocycles. The molecule has 0 unspecified atom stereocenters. The summed E-state index contributed by atoms with van der Waals surface area (Å²) in [6.45, 7) is 6.43. The number of hydrogen-bond acceptors (Lipinski definition) is 4. The van der Waals surface area contributed by atoms with Crippen LogP contribution in [0.1, 0.15) is 46.5 Å². The molecule has 0 amide bonds. The summed E-state index contributed by atoms with van der Waals surface area (Å²) < 4.78 is 31.1. The average Bonchev–Trinajstić information content (AvgIpc) is 2.38. The molecule has 0 saturated carbocycles. The third-order valence-electron chi connectivity index (χ3n) is 4.05. The molecule has 1 aliphatic heterocycles. The van der Waals surface area contributed by atoms with E-state index in [-0.39, 0.29) is 31.6 Å². The van der Waals surface area contributed by atoms with Crippen molar-refractivity contribution in [1.82, 2.24) is 4.31 Å². The van der Waals surface area contributed by atoms with E-state index >= 15 is 0 Å². The van der Waals surface area contributed by atoms with Crippen LogP contribution in [0.2, 0.25) is 0 Å². The van der Waals surface area contributed by atoms with Gasteiger partial charge in [-0.25, -0.2) is 12.7 Å². The molecular formula is C14H27NO5S. The molecule has 1 N–H and O–H groups in total. The molecule has 0 aromatic carbocycles. The molecule has 7 heteroatoms. The van der Waals surface area contributed by atoms with Gasteiger partial charge in [-0.3, -0.25) is 4.79 Å². The minimum absolute atomic E-state index is 0.00534. The van der Waals surface area contributed by atoms with E-state index < -0.39 is 21.4 Å². The number of sulfonamides is 1. The summed E-state index contributed by atoms with van der Waals surface area (Å²) in [5.74, 6) is -0.844. The van der Waals surface area contributed by atoms with Crippen LogP contribution in [0.15, 0.2) is 0 Å². The second-order valence-electron chi connectivity index (χ2n) is 5.97. The van der Waals surface area contributed by atoms with E-state index in [1.165, 1.54) is 4.31 Å². The van der Waals surface area contributed by atoms with Crippen LogP contribution in [-0.2, 0) is 19.6 Å². The Hall–Kier alpha value is -0.660. The quantitative estimate of drug-likeness (QED) is 0.736. The van der Waals surface area contributed by atoms with Crippen molar-refractivity contribution >= 4 is 16.0 Å². The molecule has 21 heavy (non-hydrogen) atoms. The first-order chi connectivity index (χ1) is 9.73. The molecule has 0 aromatic heterocycles. The highest BCUT2D eigenvalue weighted by atomic mass is 32.2. The van der Waals surface area contributed by atoms with E-state index in [4.69, 9.17) is 4.74 Å². The Morgan fingerprint density at radius 2 is 1.90 bits per heavy atom. The van der Waals surface area contributed by atoms with Crippen LogP contribution in [-0.4, -0.2) is 55.4 Å². The van der Waals surface area contributed by atoms with Crippen molar-refractivity contribution in [1.29, 1.82) is 0 Å². The number of nitrogens with zero attached hydrogens (tertiary/aromatic N) is 1. The van der Waals surface area contributed by atoms with Crippen LogP contribution < -0.4 is 0 Å². The Bertz CT molecular complexity index is 438. The number of hydrogen-bond donors (Lipinski definition) is 1. The summed E-state index contributed by atoms with van der Waals surface area (Å²) >= 11 is 0. The summed E-state index contributed by atoms with van der Waals surface area (Å²) in [6.07, 6.45) is 2.18. The van der Waals surface area contributed by atoms with E-state index in [1.807, 2.05) is 20.8 Å². The molecule has 0 spiro atoms. The van der Waals surface area contributed by atoms with Gasteiger partial charge in [-0.05, 0) is 33.1 Å². The minimum Gasteiger partial charge on any atom is -0.481 e. The van der Waals surface area contributed by atoms with Crippen LogP contribution in [0.5, 0.6) is 0 Å². The molecule has 6 nitrogen and oxygen atoms in total. The van der Waals surface area contributed by atoms with Gasteiger partial charge in [0, 0.05) is 13.1 Å². The molecule has 1 heterocycles. The van der Waals surface area contributed by atoms with Crippen molar-refractivity contribution in [3.8, 4) is 0 Å². The standard InChI is InChI=1S/C14H27NO5S/c1-4-5-14(13(16)17)6-8-15(9-7-14)21(18,19)11-10-20-12(2)3/h12H,4-11H2,1-3H3,(H,16,17). The highest BCUT2D eigenvalue weighted by Crippen LogP contribution is 2.37. The summed E-state index contributed by atoms with van der Waals surface area (Å²) in [4.78, 5) is 11.5. The lowest BCUT2D eigenvalue weighted by Crippen LogP contribution is -2.47. The third-order valence-corrected chi connectivity index (χ3v) is 5.88. The molecule has 0 aliphatic carbocycles. The summed E-state index contributed by atoms with van der Waals surface area (Å²) in [6, 6.07) is 0. The zero-order valence-corrected chi connectivity index (χ0v) is 14.0. The minimum atomic E-state index is -3.35. The van der Waals surface area contributed by atoms with Gasteiger partial charge in [0.15, 0.2) is 0 Å². The number of carboxylic acids is 1. The molecule has 1 fully saturated rings. The first-order valence-electron chi connectivity index (χ1n) is 7.56. The number of piperidine rings is 1. The fourth-order valence-corrected chi connectivity index (χ4v) is 4.06. The first kappa shape index (κ1) is 18.4. The van der Waals surface area contributed by atoms with Gasteiger partial charge in [0.05, 0.1) is 23.9 Å². The fourth-order valence-electron chi connectivity index (χ4n) is 2.76. The Morgan fingerprint density at radius 1 is 1.33 bits per heavy atom. The number of carbonyl (C=O) groups is 1. The van der Waals surface area contributed by atoms with Crippen molar-refractivity contribution in [3.63, 3.8) is 0 Å². The Morgan fingerprint density at radius 3 is 2.33 bits per heavy atom. The number of ether oxygens (including phenoxy) is 1. The lowest BCUT2D eigenvalue weighted by atomic mass is 9.75. The van der Waals surface area contributed by atoms with Crippen molar-refractivity contribution in [2.45, 2.75) is 52.6 Å². The van der Waals surface area contributed by atoms with Gasteiger partial charge in [-0.15, -0.1) is 0 Å². The van der Waals surface area contributed by atoms with E-state index in [0.29, 0.717) is 19.3 Å². The zero-order valence-electron chi connectivity index (χ0n) is 13.2. The van der Waals surface area contributed by atoms with Crippen molar-refractivity contribution in [2.24, 2.45) is 5.41 Å². The number of rotatable bonds is 8. The van der Waals surface area contributed by atoms with Gasteiger partial charge in [-0.1, -0.05) is 13.3 Å². The number of aliphatic carboxylic acids is 1. The maximum Gasteiger partial charge on any atom is 0.309 e. The van der Waals surface area contributed by atoms with Crippen molar-refractivity contribution in [3.05, 3.63) is 0 Å². The van der Waals surface area contributed by atoms with Gasteiger partial charge in [0.25, 0.3) is 0 Å². The van der Waals surface area contributed by atoms with Crippen molar-refractivity contribution in [2.75, 3.05) is 25.4 Å². The van der Waals surface area contributed by atoms with Crippen molar-refractivity contribution < 1.29 is 23.1 Å². The van der Waals surface area contributed by atoms with E-state index in [0.717, 1.165) is 6.42 Å². The van der Waals surface area contributed by atoms with Crippen LogP contribution >= 0.6 is 0 Å². The van der Waals surface area contributed by atoms with E-state index in [9.17, 15) is 18.3 Å². The predicted molar refractivity (Wildman–Crippen MR) is 80.7 cm³/mol. The van der Waals surface area contributed by atoms with E-state index in [1.54, 1.807) is 0 Å². The molecule has 1 rings (SSSR count). The number of carboxylic acid groups (broad SMARTS) is 1. The van der Waals surface area contributed by atoms with Gasteiger partial charge in [0.2, 0.25) is 10.0 Å². The predicted octanol–water partition coefficient (Wildman–Crippen LogP) is 1.71. The summed E-state index contributed by atoms with van der Waals surface area (Å²) in [7, 11) is -3.35. The van der Waals surface area contributed by atoms with Crippen LogP contribution in [0.4, 0.5) is 0 Å². The second kappa shape index (κ2) is 7.56. The molecule has 0 bridgehead atoms. The second-order valence-corrected chi connectivity index (χ2v) is 8.06. The van der Waals surface area contributed by atoms with Gasteiger partial charge >= 0.3 is 5.97 Å². The first-order valence-corrected chi connectivity index (χ1v) is 9.17. The molecule has 124 valence electrons. The van der Waals surface area contributed by atoms with Crippen LogP contribution in [0.3, 0.4) is 0 Å². The van der Waals surface area contributed by atoms with E-state index in [2.05, 4.69) is 0 Å². The fraction of sp³-hybridized carbons (Fsp3) is 0.929. The van der Waals surface area contributed by atoms with Gasteiger partial charge in [-0.2, -0.15) is 0 Å². The Labute approximate surface area is 127 Å². The maximum absolute atomic E-state index is 12.2. The van der Waals surface area contributed by atoms with Gasteiger partial charge < -0.3 is 9.84 Å². The normalized spacial score (nSPS) is 19.8. The lowest BCUT2D eigenvalue weighted by Gasteiger charge is -2.38. The molecule has 0 atom stereocenters. The highest BCUT2D eigenvalue weighted by molar-refractivity contribution is 7.89. The lowest BCUT2D eigenvalue weighted by molar-refractivity contribution is -0.152. The van der Waals surface area contributed by atoms with Crippen LogP contribution in [0, 0.1) is 5.41 Å². The third kappa shape index (κ3) is 4.93. The smallest absolute Gasteiger partial charge is 0.309 e. The summed E-state index contributed by atoms with van der Waals surface area (Å²) in [5, 5.41) is 9.42. The van der Waals surface area contributed by atoms with Crippen LogP contribution in [0.25, 0.3) is 0 Å². The molecule has 0 aromatic rings. The Balaban J connectivity index is 2.60. The molecule has 1 aliphatic rings. The zero-order chi connectivity index (χ0) is 16.1. The summed E-state index contributed by atoms with van der Waals surface area (Å²) in [5.41, 5.74) is -0.755. The van der Waals surface area contributed by atoms with Gasteiger partial charge in [0.1, 0.15) is 0 Å². The highest BCUT2D eigenvalue weighted by Gasteiger charge is 2.42. The average molecular weight is 321 g/mol. The monoisotopic (exact) mass is 321 g/mol. The largest absolute Gasteiger partial charge is 0.481 e. The molecule has 0 radical (unpaired) electrons. The SMILES string of the molecule is CCCC1(C(=O)O)CCN(S(=O)(=O)CCOC(C)C)CC1. The topological polar surface area (TPSA) is 83.9 Å². The maximum atomic E-state index is 12.2.